The van der Waals surface area contributed by atoms with Gasteiger partial charge in [0, 0.05) is 11.6 Å². The van der Waals surface area contributed by atoms with E-state index >= 15 is 0 Å². The molecule has 0 fully saturated rings. The Hall–Kier alpha value is -3.67. The molecule has 0 spiro atoms. The second-order valence-electron chi connectivity index (χ2n) is 5.98. The lowest BCUT2D eigenvalue weighted by Crippen LogP contribution is -2.21. The average molecular weight is 359 g/mol. The molecule has 6 heteroatoms. The topological polar surface area (TPSA) is 70.2 Å². The first-order chi connectivity index (χ1) is 13.2. The van der Waals surface area contributed by atoms with Crippen molar-refractivity contribution in [3.63, 3.8) is 0 Å². The molecule has 0 saturated carbocycles. The largest absolute Gasteiger partial charge is 0.497 e. The molecule has 0 aliphatic heterocycles. The van der Waals surface area contributed by atoms with Gasteiger partial charge in [0.05, 0.1) is 13.7 Å². The maximum atomic E-state index is 12.5. The molecule has 2 heterocycles. The minimum Gasteiger partial charge on any atom is -0.497 e. The highest BCUT2D eigenvalue weighted by atomic mass is 16.5. The van der Waals surface area contributed by atoms with Gasteiger partial charge in [-0.3, -0.25) is 9.36 Å². The first-order valence-corrected chi connectivity index (χ1v) is 8.47. The smallest absolute Gasteiger partial charge is 0.274 e. The standard InChI is InChI=1S/C21H17N3O3/c1-26-17-10-5-7-15(13-17)14-24-18(11-6-12-19(24)25)21-22-20(23-27-21)16-8-3-2-4-9-16/h2-13H,14H2,1H3. The molecule has 6 nitrogen and oxygen atoms in total. The van der Waals surface area contributed by atoms with E-state index in [1.807, 2.05) is 54.6 Å². The SMILES string of the molecule is COc1cccc(Cn2c(-c3nc(-c4ccccc4)no3)cccc2=O)c1. The van der Waals surface area contributed by atoms with E-state index in [9.17, 15) is 4.79 Å². The van der Waals surface area contributed by atoms with Gasteiger partial charge >= 0.3 is 0 Å². The molecule has 27 heavy (non-hydrogen) atoms. The normalized spacial score (nSPS) is 10.7. The Labute approximate surface area is 155 Å². The second kappa shape index (κ2) is 7.29. The van der Waals surface area contributed by atoms with Gasteiger partial charge in [0.15, 0.2) is 0 Å². The van der Waals surface area contributed by atoms with Crippen molar-refractivity contribution in [2.24, 2.45) is 0 Å². The molecule has 0 unspecified atom stereocenters. The Bertz CT molecular complexity index is 1120. The van der Waals surface area contributed by atoms with Gasteiger partial charge < -0.3 is 9.26 Å². The van der Waals surface area contributed by atoms with Crippen LogP contribution in [0.15, 0.2) is 82.1 Å². The molecule has 134 valence electrons. The van der Waals surface area contributed by atoms with Gasteiger partial charge in [-0.15, -0.1) is 0 Å². The number of hydrogen-bond donors (Lipinski definition) is 0. The van der Waals surface area contributed by atoms with Crippen LogP contribution in [0.1, 0.15) is 5.56 Å². The second-order valence-corrected chi connectivity index (χ2v) is 5.98. The summed E-state index contributed by atoms with van der Waals surface area (Å²) in [6.45, 7) is 0.370. The van der Waals surface area contributed by atoms with Gasteiger partial charge in [-0.2, -0.15) is 4.98 Å². The third-order valence-corrected chi connectivity index (χ3v) is 4.20. The van der Waals surface area contributed by atoms with Crippen LogP contribution in [-0.2, 0) is 6.54 Å². The first-order valence-electron chi connectivity index (χ1n) is 8.47. The average Bonchev–Trinajstić information content (AvgIpc) is 3.20. The number of nitrogens with zero attached hydrogens (tertiary/aromatic N) is 3. The van der Waals surface area contributed by atoms with Crippen molar-refractivity contribution in [1.29, 1.82) is 0 Å². The van der Waals surface area contributed by atoms with Crippen molar-refractivity contribution in [1.82, 2.24) is 14.7 Å². The van der Waals surface area contributed by atoms with E-state index < -0.39 is 0 Å². The predicted molar refractivity (Wildman–Crippen MR) is 102 cm³/mol. The van der Waals surface area contributed by atoms with Crippen LogP contribution in [0.4, 0.5) is 0 Å². The highest BCUT2D eigenvalue weighted by molar-refractivity contribution is 5.57. The molecule has 0 bridgehead atoms. The quantitative estimate of drug-likeness (QED) is 0.544. The number of hydrogen-bond acceptors (Lipinski definition) is 5. The van der Waals surface area contributed by atoms with Gasteiger partial charge in [0.1, 0.15) is 11.4 Å². The lowest BCUT2D eigenvalue weighted by atomic mass is 10.2. The van der Waals surface area contributed by atoms with E-state index in [4.69, 9.17) is 9.26 Å². The Kier molecular flexibility index (Phi) is 4.53. The fourth-order valence-corrected chi connectivity index (χ4v) is 2.86. The summed E-state index contributed by atoms with van der Waals surface area (Å²) < 4.78 is 12.3. The van der Waals surface area contributed by atoms with E-state index in [1.54, 1.807) is 23.8 Å². The van der Waals surface area contributed by atoms with E-state index in [0.717, 1.165) is 16.9 Å². The molecular weight excluding hydrogens is 342 g/mol. The summed E-state index contributed by atoms with van der Waals surface area (Å²) in [7, 11) is 1.61. The van der Waals surface area contributed by atoms with Crippen LogP contribution < -0.4 is 10.3 Å². The molecule has 0 N–H and O–H groups in total. The number of aromatic nitrogens is 3. The molecule has 0 atom stereocenters. The molecule has 0 radical (unpaired) electrons. The third-order valence-electron chi connectivity index (χ3n) is 4.20. The molecule has 4 aromatic rings. The van der Waals surface area contributed by atoms with Crippen molar-refractivity contribution in [3.8, 4) is 28.7 Å². The molecule has 4 rings (SSSR count). The highest BCUT2D eigenvalue weighted by Gasteiger charge is 2.15. The Morgan fingerprint density at radius 1 is 1.00 bits per heavy atom. The zero-order valence-electron chi connectivity index (χ0n) is 14.7. The molecule has 0 aliphatic carbocycles. The molecule has 0 aliphatic rings. The van der Waals surface area contributed by atoms with E-state index in [0.29, 0.717) is 24.0 Å². The van der Waals surface area contributed by atoms with Crippen LogP contribution in [0.5, 0.6) is 5.75 Å². The lowest BCUT2D eigenvalue weighted by Gasteiger charge is -2.10. The van der Waals surface area contributed by atoms with Crippen molar-refractivity contribution in [3.05, 3.63) is 88.7 Å². The Morgan fingerprint density at radius 2 is 1.81 bits per heavy atom. The third kappa shape index (κ3) is 3.50. The van der Waals surface area contributed by atoms with Gasteiger partial charge in [0.25, 0.3) is 11.4 Å². The van der Waals surface area contributed by atoms with Gasteiger partial charge in [-0.25, -0.2) is 0 Å². The predicted octanol–water partition coefficient (Wildman–Crippen LogP) is 3.62. The lowest BCUT2D eigenvalue weighted by molar-refractivity contribution is 0.414. The zero-order chi connectivity index (χ0) is 18.6. The van der Waals surface area contributed by atoms with Crippen LogP contribution in [0.25, 0.3) is 23.0 Å². The van der Waals surface area contributed by atoms with Crippen LogP contribution in [0.2, 0.25) is 0 Å². The first kappa shape index (κ1) is 16.8. The zero-order valence-corrected chi connectivity index (χ0v) is 14.7. The summed E-state index contributed by atoms with van der Waals surface area (Å²) in [5.74, 6) is 1.52. The van der Waals surface area contributed by atoms with Crippen molar-refractivity contribution < 1.29 is 9.26 Å². The Balaban J connectivity index is 1.73. The summed E-state index contributed by atoms with van der Waals surface area (Å²) in [4.78, 5) is 17.0. The number of benzene rings is 2. The number of methoxy groups -OCH3 is 1. The minimum atomic E-state index is -0.144. The van der Waals surface area contributed by atoms with Crippen LogP contribution in [-0.4, -0.2) is 21.8 Å². The summed E-state index contributed by atoms with van der Waals surface area (Å²) in [5, 5.41) is 4.05. The fraction of sp³-hybridized carbons (Fsp3) is 0.0952. The number of rotatable bonds is 5. The van der Waals surface area contributed by atoms with Crippen molar-refractivity contribution >= 4 is 0 Å². The summed E-state index contributed by atoms with van der Waals surface area (Å²) >= 11 is 0. The van der Waals surface area contributed by atoms with Crippen LogP contribution >= 0.6 is 0 Å². The molecule has 2 aromatic carbocycles. The number of pyridine rings is 1. The monoisotopic (exact) mass is 359 g/mol. The van der Waals surface area contributed by atoms with Crippen LogP contribution in [0.3, 0.4) is 0 Å². The van der Waals surface area contributed by atoms with E-state index in [-0.39, 0.29) is 5.56 Å². The maximum absolute atomic E-state index is 12.5. The fourth-order valence-electron chi connectivity index (χ4n) is 2.86. The van der Waals surface area contributed by atoms with Crippen LogP contribution in [0, 0.1) is 0 Å². The van der Waals surface area contributed by atoms with E-state index in [1.165, 1.54) is 6.07 Å². The molecule has 2 aromatic heterocycles. The molecular formula is C21H17N3O3. The summed E-state index contributed by atoms with van der Waals surface area (Å²) in [6, 6.07) is 22.1. The maximum Gasteiger partial charge on any atom is 0.274 e. The van der Waals surface area contributed by atoms with Crippen molar-refractivity contribution in [2.45, 2.75) is 6.54 Å². The van der Waals surface area contributed by atoms with Crippen molar-refractivity contribution in [2.75, 3.05) is 7.11 Å². The van der Waals surface area contributed by atoms with E-state index in [2.05, 4.69) is 10.1 Å². The number of ether oxygens (including phenoxy) is 1. The Morgan fingerprint density at radius 3 is 2.63 bits per heavy atom. The summed E-state index contributed by atoms with van der Waals surface area (Å²) in [5.41, 5.74) is 2.21. The molecule has 0 amide bonds. The molecule has 0 saturated heterocycles. The highest BCUT2D eigenvalue weighted by Crippen LogP contribution is 2.22. The summed E-state index contributed by atoms with van der Waals surface area (Å²) in [6.07, 6.45) is 0. The van der Waals surface area contributed by atoms with Gasteiger partial charge in [-0.1, -0.05) is 53.7 Å². The van der Waals surface area contributed by atoms with Gasteiger partial charge in [-0.05, 0) is 23.8 Å². The van der Waals surface area contributed by atoms with Gasteiger partial charge in [0.2, 0.25) is 5.82 Å². The minimum absolute atomic E-state index is 0.144.